The van der Waals surface area contributed by atoms with Crippen molar-refractivity contribution >= 4 is 23.2 Å². The molecule has 0 aromatic carbocycles. The van der Waals surface area contributed by atoms with Gasteiger partial charge in [0.15, 0.2) is 0 Å². The van der Waals surface area contributed by atoms with Crippen LogP contribution in [0.1, 0.15) is 32.6 Å². The zero-order valence-corrected chi connectivity index (χ0v) is 10.4. The standard InChI is InChI=1S/C11H14ClN5/c1-11(4-2-3-5-11)16-9-6-8(12)15-10-13-7-14-17(9)10/h6-7,16H,2-5H2,1H3. The van der Waals surface area contributed by atoms with Gasteiger partial charge in [0.1, 0.15) is 17.3 Å². The van der Waals surface area contributed by atoms with Crippen LogP contribution >= 0.6 is 11.6 Å². The second-order valence-electron chi connectivity index (χ2n) is 4.83. The molecule has 0 bridgehead atoms. The Labute approximate surface area is 104 Å². The molecule has 1 aliphatic rings. The van der Waals surface area contributed by atoms with Crippen LogP contribution in [0.5, 0.6) is 0 Å². The fraction of sp³-hybridized carbons (Fsp3) is 0.545. The molecule has 0 saturated heterocycles. The summed E-state index contributed by atoms with van der Waals surface area (Å²) in [6.07, 6.45) is 6.36. The average molecular weight is 252 g/mol. The minimum atomic E-state index is 0.129. The van der Waals surface area contributed by atoms with Gasteiger partial charge in [-0.2, -0.15) is 19.6 Å². The molecule has 0 spiro atoms. The van der Waals surface area contributed by atoms with Gasteiger partial charge in [-0.05, 0) is 19.8 Å². The molecule has 0 radical (unpaired) electrons. The summed E-state index contributed by atoms with van der Waals surface area (Å²) in [5.74, 6) is 1.39. The number of hydrogen-bond acceptors (Lipinski definition) is 4. The third-order valence-electron chi connectivity index (χ3n) is 3.36. The molecule has 17 heavy (non-hydrogen) atoms. The Morgan fingerprint density at radius 1 is 1.41 bits per heavy atom. The van der Waals surface area contributed by atoms with E-state index in [1.165, 1.54) is 32.0 Å². The first-order valence-corrected chi connectivity index (χ1v) is 6.19. The molecule has 1 N–H and O–H groups in total. The van der Waals surface area contributed by atoms with Crippen molar-refractivity contribution < 1.29 is 0 Å². The lowest BCUT2D eigenvalue weighted by Gasteiger charge is -2.26. The number of nitrogens with zero attached hydrogens (tertiary/aromatic N) is 4. The summed E-state index contributed by atoms with van der Waals surface area (Å²) < 4.78 is 1.69. The number of halogens is 1. The van der Waals surface area contributed by atoms with Crippen LogP contribution in [0.2, 0.25) is 5.15 Å². The van der Waals surface area contributed by atoms with Gasteiger partial charge >= 0.3 is 0 Å². The smallest absolute Gasteiger partial charge is 0.255 e. The Hall–Kier alpha value is -1.36. The number of anilines is 1. The molecule has 90 valence electrons. The van der Waals surface area contributed by atoms with Gasteiger partial charge < -0.3 is 5.32 Å². The summed E-state index contributed by atoms with van der Waals surface area (Å²) >= 11 is 5.98. The molecule has 1 fully saturated rings. The quantitative estimate of drug-likeness (QED) is 0.834. The summed E-state index contributed by atoms with van der Waals surface area (Å²) in [5.41, 5.74) is 0.129. The summed E-state index contributed by atoms with van der Waals surface area (Å²) in [6, 6.07) is 1.80. The maximum Gasteiger partial charge on any atom is 0.255 e. The van der Waals surface area contributed by atoms with Gasteiger partial charge in [0.25, 0.3) is 5.78 Å². The van der Waals surface area contributed by atoms with Crippen molar-refractivity contribution in [3.8, 4) is 0 Å². The van der Waals surface area contributed by atoms with Crippen molar-refractivity contribution in [2.45, 2.75) is 38.1 Å². The third-order valence-corrected chi connectivity index (χ3v) is 3.55. The Morgan fingerprint density at radius 3 is 2.94 bits per heavy atom. The molecule has 1 aliphatic carbocycles. The van der Waals surface area contributed by atoms with Crippen LogP contribution in [0.15, 0.2) is 12.4 Å². The zero-order chi connectivity index (χ0) is 11.9. The first kappa shape index (κ1) is 10.8. The average Bonchev–Trinajstić information content (AvgIpc) is 2.86. The summed E-state index contributed by atoms with van der Waals surface area (Å²) in [4.78, 5) is 8.16. The first-order valence-electron chi connectivity index (χ1n) is 5.81. The Bertz CT molecular complexity index is 544. The highest BCUT2D eigenvalue weighted by Crippen LogP contribution is 2.32. The van der Waals surface area contributed by atoms with E-state index in [0.717, 1.165) is 5.82 Å². The van der Waals surface area contributed by atoms with Crippen LogP contribution in [0.4, 0.5) is 5.82 Å². The van der Waals surface area contributed by atoms with Gasteiger partial charge in [0.05, 0.1) is 0 Å². The molecule has 3 rings (SSSR count). The van der Waals surface area contributed by atoms with Gasteiger partial charge in [-0.3, -0.25) is 0 Å². The lowest BCUT2D eigenvalue weighted by molar-refractivity contribution is 0.528. The van der Waals surface area contributed by atoms with E-state index in [1.807, 2.05) is 0 Å². The van der Waals surface area contributed by atoms with Crippen molar-refractivity contribution in [1.82, 2.24) is 19.6 Å². The second-order valence-corrected chi connectivity index (χ2v) is 5.22. The van der Waals surface area contributed by atoms with Crippen molar-refractivity contribution in [2.75, 3.05) is 5.32 Å². The topological polar surface area (TPSA) is 55.1 Å². The Morgan fingerprint density at radius 2 is 2.18 bits per heavy atom. The van der Waals surface area contributed by atoms with E-state index in [4.69, 9.17) is 11.6 Å². The molecule has 2 aromatic rings. The third kappa shape index (κ3) is 1.95. The van der Waals surface area contributed by atoms with Gasteiger partial charge in [-0.1, -0.05) is 24.4 Å². The minimum absolute atomic E-state index is 0.129. The number of nitrogens with one attached hydrogen (secondary N) is 1. The first-order chi connectivity index (χ1) is 8.16. The maximum atomic E-state index is 5.98. The van der Waals surface area contributed by atoms with Gasteiger partial charge in [-0.25, -0.2) is 0 Å². The molecule has 1 saturated carbocycles. The van der Waals surface area contributed by atoms with E-state index in [0.29, 0.717) is 10.9 Å². The van der Waals surface area contributed by atoms with E-state index < -0.39 is 0 Å². The molecule has 0 aliphatic heterocycles. The Kier molecular flexibility index (Phi) is 2.43. The van der Waals surface area contributed by atoms with Crippen LogP contribution in [0.25, 0.3) is 5.78 Å². The maximum absolute atomic E-state index is 5.98. The van der Waals surface area contributed by atoms with Crippen LogP contribution in [-0.2, 0) is 0 Å². The summed E-state index contributed by atoms with van der Waals surface area (Å²) in [5, 5.41) is 8.12. The van der Waals surface area contributed by atoms with E-state index in [1.54, 1.807) is 10.6 Å². The van der Waals surface area contributed by atoms with E-state index >= 15 is 0 Å². The van der Waals surface area contributed by atoms with Crippen LogP contribution in [0, 0.1) is 0 Å². The molecule has 0 amide bonds. The SMILES string of the molecule is CC1(Nc2cc(Cl)nc3ncnn23)CCCC1. The van der Waals surface area contributed by atoms with Crippen molar-refractivity contribution in [2.24, 2.45) is 0 Å². The fourth-order valence-electron chi connectivity index (χ4n) is 2.46. The lowest BCUT2D eigenvalue weighted by atomic mass is 10.0. The Balaban J connectivity index is 2.01. The molecule has 2 aromatic heterocycles. The monoisotopic (exact) mass is 251 g/mol. The van der Waals surface area contributed by atoms with Crippen LogP contribution in [0.3, 0.4) is 0 Å². The molecule has 0 unspecified atom stereocenters. The van der Waals surface area contributed by atoms with Gasteiger partial charge in [0, 0.05) is 11.6 Å². The summed E-state index contributed by atoms with van der Waals surface area (Å²) in [6.45, 7) is 2.23. The van der Waals surface area contributed by atoms with Gasteiger partial charge in [0.2, 0.25) is 0 Å². The van der Waals surface area contributed by atoms with Gasteiger partial charge in [-0.15, -0.1) is 0 Å². The second kappa shape index (κ2) is 3.84. The molecular weight excluding hydrogens is 238 g/mol. The number of rotatable bonds is 2. The minimum Gasteiger partial charge on any atom is -0.365 e. The zero-order valence-electron chi connectivity index (χ0n) is 9.65. The van der Waals surface area contributed by atoms with E-state index in [2.05, 4.69) is 27.3 Å². The fourth-order valence-corrected chi connectivity index (χ4v) is 2.64. The van der Waals surface area contributed by atoms with E-state index in [-0.39, 0.29) is 5.54 Å². The largest absolute Gasteiger partial charge is 0.365 e. The number of fused-ring (bicyclic) bond motifs is 1. The van der Waals surface area contributed by atoms with Crippen molar-refractivity contribution in [3.63, 3.8) is 0 Å². The molecule has 0 atom stereocenters. The molecule has 2 heterocycles. The normalized spacial score (nSPS) is 18.7. The highest BCUT2D eigenvalue weighted by Gasteiger charge is 2.29. The molecular formula is C11H14ClN5. The summed E-state index contributed by atoms with van der Waals surface area (Å²) in [7, 11) is 0. The lowest BCUT2D eigenvalue weighted by Crippen LogP contribution is -2.32. The number of aromatic nitrogens is 4. The predicted octanol–water partition coefficient (Wildman–Crippen LogP) is 2.52. The van der Waals surface area contributed by atoms with Crippen LogP contribution < -0.4 is 5.32 Å². The highest BCUT2D eigenvalue weighted by molar-refractivity contribution is 6.29. The predicted molar refractivity (Wildman–Crippen MR) is 66.3 cm³/mol. The molecule has 6 heteroatoms. The van der Waals surface area contributed by atoms with Crippen molar-refractivity contribution in [1.29, 1.82) is 0 Å². The van der Waals surface area contributed by atoms with Crippen molar-refractivity contribution in [3.05, 3.63) is 17.5 Å². The highest BCUT2D eigenvalue weighted by atomic mass is 35.5. The van der Waals surface area contributed by atoms with Crippen LogP contribution in [-0.4, -0.2) is 25.1 Å². The number of hydrogen-bond donors (Lipinski definition) is 1. The molecule has 5 nitrogen and oxygen atoms in total. The van der Waals surface area contributed by atoms with E-state index in [9.17, 15) is 0 Å².